The van der Waals surface area contributed by atoms with Crippen LogP contribution in [-0.4, -0.2) is 28.8 Å². The molecule has 0 spiro atoms. The van der Waals surface area contributed by atoms with Gasteiger partial charge in [-0.15, -0.1) is 11.3 Å². The Morgan fingerprint density at radius 2 is 2.04 bits per heavy atom. The van der Waals surface area contributed by atoms with E-state index in [0.717, 1.165) is 40.5 Å². The van der Waals surface area contributed by atoms with Crippen LogP contribution in [0, 0.1) is 5.92 Å². The van der Waals surface area contributed by atoms with Gasteiger partial charge in [-0.25, -0.2) is 9.97 Å². The van der Waals surface area contributed by atoms with Crippen molar-refractivity contribution >= 4 is 33.8 Å². The average molecular weight is 323 g/mol. The van der Waals surface area contributed by atoms with Gasteiger partial charge in [0, 0.05) is 30.8 Å². The van der Waals surface area contributed by atoms with E-state index in [1.165, 1.54) is 0 Å². The molecular weight excluding hydrogens is 306 g/mol. The Morgan fingerprint density at radius 3 is 2.83 bits per heavy atom. The van der Waals surface area contributed by atoms with Gasteiger partial charge >= 0.3 is 0 Å². The van der Waals surface area contributed by atoms with E-state index in [1.54, 1.807) is 11.3 Å². The third kappa shape index (κ3) is 2.61. The Hall–Kier alpha value is -2.27. The van der Waals surface area contributed by atoms with Gasteiger partial charge in [-0.2, -0.15) is 0 Å². The minimum atomic E-state index is 0.0580. The molecule has 3 aromatic rings. The Balaban J connectivity index is 1.85. The molecule has 3 heterocycles. The number of para-hydroxylation sites is 1. The van der Waals surface area contributed by atoms with Crippen LogP contribution in [0.25, 0.3) is 21.6 Å². The number of hydrogen-bond acceptors (Lipinski definition) is 5. The Bertz CT molecular complexity index is 860. The first-order valence-corrected chi connectivity index (χ1v) is 8.68. The lowest BCUT2D eigenvalue weighted by molar-refractivity contribution is -0.122. The van der Waals surface area contributed by atoms with E-state index in [9.17, 15) is 4.79 Å². The first-order valence-electron chi connectivity index (χ1n) is 7.80. The maximum Gasteiger partial charge on any atom is 0.172 e. The minimum Gasteiger partial charge on any atom is -0.355 e. The first-order chi connectivity index (χ1) is 11.2. The number of rotatable bonds is 2. The molecule has 1 atom stereocenters. The summed E-state index contributed by atoms with van der Waals surface area (Å²) in [7, 11) is 0. The summed E-state index contributed by atoms with van der Waals surface area (Å²) in [6.45, 7) is 3.45. The van der Waals surface area contributed by atoms with Crippen LogP contribution >= 0.6 is 11.3 Å². The zero-order valence-electron chi connectivity index (χ0n) is 12.9. The van der Waals surface area contributed by atoms with Crippen LogP contribution in [0.5, 0.6) is 0 Å². The molecule has 1 aromatic carbocycles. The highest BCUT2D eigenvalue weighted by Crippen LogP contribution is 2.31. The molecule has 1 fully saturated rings. The van der Waals surface area contributed by atoms with Crippen molar-refractivity contribution in [3.63, 3.8) is 0 Å². The molecule has 23 heavy (non-hydrogen) atoms. The highest BCUT2D eigenvalue weighted by molar-refractivity contribution is 7.13. The van der Waals surface area contributed by atoms with Gasteiger partial charge in [-0.05, 0) is 23.6 Å². The van der Waals surface area contributed by atoms with Crippen molar-refractivity contribution in [2.24, 2.45) is 5.92 Å². The van der Waals surface area contributed by atoms with Crippen LogP contribution in [-0.2, 0) is 4.79 Å². The van der Waals surface area contributed by atoms with Crippen LogP contribution in [0.3, 0.4) is 0 Å². The molecule has 1 saturated heterocycles. The number of benzene rings is 1. The molecule has 0 aliphatic carbocycles. The molecule has 1 aliphatic rings. The molecular formula is C18H17N3OS. The zero-order chi connectivity index (χ0) is 15.8. The molecule has 2 aromatic heterocycles. The summed E-state index contributed by atoms with van der Waals surface area (Å²) in [6, 6.07) is 12.2. The van der Waals surface area contributed by atoms with Crippen LogP contribution in [0.4, 0.5) is 5.82 Å². The van der Waals surface area contributed by atoms with Gasteiger partial charge in [-0.1, -0.05) is 25.1 Å². The standard InChI is InChI=1S/C18H17N3OS/c1-12-11-21(9-8-15(12)22)18-13-5-2-3-6-14(13)19-17(20-18)16-7-4-10-23-16/h2-7,10,12H,8-9,11H2,1H3. The Labute approximate surface area is 138 Å². The first kappa shape index (κ1) is 14.3. The zero-order valence-corrected chi connectivity index (χ0v) is 13.7. The monoisotopic (exact) mass is 323 g/mol. The van der Waals surface area contributed by atoms with Crippen LogP contribution in [0.2, 0.25) is 0 Å². The molecule has 0 saturated carbocycles. The summed E-state index contributed by atoms with van der Waals surface area (Å²) >= 11 is 1.64. The molecule has 4 nitrogen and oxygen atoms in total. The molecule has 0 N–H and O–H groups in total. The highest BCUT2D eigenvalue weighted by Gasteiger charge is 2.26. The van der Waals surface area contributed by atoms with Crippen molar-refractivity contribution in [1.82, 2.24) is 9.97 Å². The van der Waals surface area contributed by atoms with Crippen LogP contribution < -0.4 is 4.90 Å². The van der Waals surface area contributed by atoms with E-state index in [1.807, 2.05) is 42.6 Å². The van der Waals surface area contributed by atoms with Crippen LogP contribution in [0.15, 0.2) is 41.8 Å². The van der Waals surface area contributed by atoms with E-state index in [2.05, 4.69) is 11.0 Å². The number of hydrogen-bond donors (Lipinski definition) is 0. The number of carbonyl (C=O) groups excluding carboxylic acids is 1. The van der Waals surface area contributed by atoms with Gasteiger partial charge in [-0.3, -0.25) is 4.79 Å². The maximum absolute atomic E-state index is 11.8. The number of ketones is 1. The van der Waals surface area contributed by atoms with Gasteiger partial charge in [0.05, 0.1) is 10.4 Å². The molecule has 0 bridgehead atoms. The third-order valence-electron chi connectivity index (χ3n) is 4.30. The molecule has 1 unspecified atom stereocenters. The number of carbonyl (C=O) groups is 1. The van der Waals surface area contributed by atoms with Gasteiger partial charge in [0.1, 0.15) is 11.6 Å². The van der Waals surface area contributed by atoms with Crippen molar-refractivity contribution in [3.8, 4) is 10.7 Å². The number of piperidine rings is 1. The second-order valence-electron chi connectivity index (χ2n) is 5.93. The molecule has 0 radical (unpaired) electrons. The van der Waals surface area contributed by atoms with E-state index < -0.39 is 0 Å². The maximum atomic E-state index is 11.8. The number of nitrogens with zero attached hydrogens (tertiary/aromatic N) is 3. The predicted molar refractivity (Wildman–Crippen MR) is 93.9 cm³/mol. The van der Waals surface area contributed by atoms with E-state index in [0.29, 0.717) is 12.2 Å². The second kappa shape index (κ2) is 5.74. The number of aromatic nitrogens is 2. The summed E-state index contributed by atoms with van der Waals surface area (Å²) in [5, 5.41) is 3.09. The van der Waals surface area contributed by atoms with Crippen molar-refractivity contribution < 1.29 is 4.79 Å². The Morgan fingerprint density at radius 1 is 1.17 bits per heavy atom. The fraction of sp³-hybridized carbons (Fsp3) is 0.278. The van der Waals surface area contributed by atoms with Gasteiger partial charge in [0.25, 0.3) is 0 Å². The SMILES string of the molecule is CC1CN(c2nc(-c3cccs3)nc3ccccc23)CCC1=O. The third-order valence-corrected chi connectivity index (χ3v) is 5.16. The van der Waals surface area contributed by atoms with E-state index >= 15 is 0 Å². The molecule has 4 rings (SSSR count). The minimum absolute atomic E-state index is 0.0580. The molecule has 0 amide bonds. The fourth-order valence-electron chi connectivity index (χ4n) is 3.02. The van der Waals surface area contributed by atoms with E-state index in [-0.39, 0.29) is 5.92 Å². The van der Waals surface area contributed by atoms with Gasteiger partial charge in [0.2, 0.25) is 0 Å². The smallest absolute Gasteiger partial charge is 0.172 e. The van der Waals surface area contributed by atoms with E-state index in [4.69, 9.17) is 9.97 Å². The highest BCUT2D eigenvalue weighted by atomic mass is 32.1. The molecule has 116 valence electrons. The molecule has 1 aliphatic heterocycles. The van der Waals surface area contributed by atoms with Crippen LogP contribution in [0.1, 0.15) is 13.3 Å². The van der Waals surface area contributed by atoms with Gasteiger partial charge in [0.15, 0.2) is 5.82 Å². The van der Waals surface area contributed by atoms with Crippen molar-refractivity contribution in [3.05, 3.63) is 41.8 Å². The lowest BCUT2D eigenvalue weighted by atomic mass is 9.98. The van der Waals surface area contributed by atoms with Gasteiger partial charge < -0.3 is 4.90 Å². The lowest BCUT2D eigenvalue weighted by Gasteiger charge is -2.31. The second-order valence-corrected chi connectivity index (χ2v) is 6.88. The summed E-state index contributed by atoms with van der Waals surface area (Å²) in [5.41, 5.74) is 0.949. The summed E-state index contributed by atoms with van der Waals surface area (Å²) in [6.07, 6.45) is 0.591. The normalized spacial score (nSPS) is 18.6. The topological polar surface area (TPSA) is 46.1 Å². The summed E-state index contributed by atoms with van der Waals surface area (Å²) in [5.74, 6) is 2.11. The summed E-state index contributed by atoms with van der Waals surface area (Å²) < 4.78 is 0. The number of Topliss-reactive ketones (excluding diaryl/α,β-unsaturated/α-hetero) is 1. The quantitative estimate of drug-likeness (QED) is 0.720. The Kier molecular flexibility index (Phi) is 3.58. The average Bonchev–Trinajstić information content (AvgIpc) is 3.11. The lowest BCUT2D eigenvalue weighted by Crippen LogP contribution is -2.40. The van der Waals surface area contributed by atoms with Crippen molar-refractivity contribution in [1.29, 1.82) is 0 Å². The largest absolute Gasteiger partial charge is 0.355 e. The predicted octanol–water partition coefficient (Wildman–Crippen LogP) is 3.77. The molecule has 5 heteroatoms. The van der Waals surface area contributed by atoms with Crippen molar-refractivity contribution in [2.45, 2.75) is 13.3 Å². The number of fused-ring (bicyclic) bond motifs is 1. The number of anilines is 1. The number of thiophene rings is 1. The summed E-state index contributed by atoms with van der Waals surface area (Å²) in [4.78, 5) is 24.7. The fourth-order valence-corrected chi connectivity index (χ4v) is 3.68. The van der Waals surface area contributed by atoms with Crippen molar-refractivity contribution in [2.75, 3.05) is 18.0 Å².